The first kappa shape index (κ1) is 25.5. The second-order valence-corrected chi connectivity index (χ2v) is 10.4. The van der Waals surface area contributed by atoms with Crippen LogP contribution in [0.3, 0.4) is 0 Å². The van der Waals surface area contributed by atoms with Gasteiger partial charge in [-0.15, -0.1) is 0 Å². The van der Waals surface area contributed by atoms with Crippen LogP contribution >= 0.6 is 0 Å². The van der Waals surface area contributed by atoms with Crippen LogP contribution < -0.4 is 9.62 Å². The van der Waals surface area contributed by atoms with Gasteiger partial charge >= 0.3 is 0 Å². The van der Waals surface area contributed by atoms with Gasteiger partial charge in [0, 0.05) is 12.1 Å². The van der Waals surface area contributed by atoms with Crippen molar-refractivity contribution in [3.8, 4) is 0 Å². The predicted octanol–water partition coefficient (Wildman–Crippen LogP) is 4.72. The maximum atomic E-state index is 12.4. The van der Waals surface area contributed by atoms with E-state index < -0.39 is 10.0 Å². The van der Waals surface area contributed by atoms with Gasteiger partial charge < -0.3 is 10.1 Å². The van der Waals surface area contributed by atoms with Gasteiger partial charge in [0.25, 0.3) is 5.91 Å². The lowest BCUT2D eigenvalue weighted by Gasteiger charge is -2.23. The highest BCUT2D eigenvalue weighted by Gasteiger charge is 2.18. The summed E-state index contributed by atoms with van der Waals surface area (Å²) < 4.78 is 31.8. The van der Waals surface area contributed by atoms with Crippen LogP contribution in [-0.2, 0) is 27.9 Å². The van der Waals surface area contributed by atoms with Crippen LogP contribution in [-0.4, -0.2) is 33.7 Å². The molecule has 0 saturated carbocycles. The number of benzene rings is 3. The zero-order valence-electron chi connectivity index (χ0n) is 19.9. The molecule has 0 bridgehead atoms. The van der Waals surface area contributed by atoms with Gasteiger partial charge in [0.1, 0.15) is 0 Å². The van der Waals surface area contributed by atoms with Gasteiger partial charge in [-0.25, -0.2) is 8.42 Å². The fourth-order valence-electron chi connectivity index (χ4n) is 3.46. The molecule has 0 unspecified atom stereocenters. The minimum Gasteiger partial charge on any atom is -0.375 e. The summed E-state index contributed by atoms with van der Waals surface area (Å²) in [7, 11) is -3.47. The van der Waals surface area contributed by atoms with E-state index in [4.69, 9.17) is 4.74 Å². The number of sulfonamides is 1. The van der Waals surface area contributed by atoms with Gasteiger partial charge in [-0.05, 0) is 46.9 Å². The zero-order valence-corrected chi connectivity index (χ0v) is 20.7. The Morgan fingerprint density at radius 2 is 1.56 bits per heavy atom. The smallest absolute Gasteiger partial charge is 0.251 e. The first-order chi connectivity index (χ1) is 16.2. The lowest BCUT2D eigenvalue weighted by molar-refractivity contribution is 0.0901. The molecule has 0 atom stereocenters. The molecule has 7 heteroatoms. The van der Waals surface area contributed by atoms with Crippen molar-refractivity contribution in [2.45, 2.75) is 32.9 Å². The Morgan fingerprint density at radius 1 is 0.912 bits per heavy atom. The zero-order chi connectivity index (χ0) is 24.6. The number of nitrogens with one attached hydrogen (secondary N) is 1. The number of ether oxygens (including phenoxy) is 1. The molecule has 1 amide bonds. The van der Waals surface area contributed by atoms with Crippen LogP contribution in [0, 0.1) is 0 Å². The number of hydrogen-bond acceptors (Lipinski definition) is 4. The van der Waals surface area contributed by atoms with Crippen molar-refractivity contribution in [1.29, 1.82) is 0 Å². The normalized spacial score (nSPS) is 11.4. The van der Waals surface area contributed by atoms with Gasteiger partial charge in [-0.1, -0.05) is 68.4 Å². The molecule has 0 aliphatic rings. The molecule has 34 heavy (non-hydrogen) atoms. The molecule has 0 fully saturated rings. The first-order valence-corrected chi connectivity index (χ1v) is 13.2. The summed E-state index contributed by atoms with van der Waals surface area (Å²) in [6.07, 6.45) is 1.20. The van der Waals surface area contributed by atoms with Crippen molar-refractivity contribution < 1.29 is 17.9 Å². The molecule has 1 N–H and O–H groups in total. The minimum absolute atomic E-state index is 0.190. The fraction of sp³-hybridized carbons (Fsp3) is 0.296. The Labute approximate surface area is 202 Å². The quantitative estimate of drug-likeness (QED) is 0.403. The third-order valence-corrected chi connectivity index (χ3v) is 6.57. The number of anilines is 1. The van der Waals surface area contributed by atoms with E-state index in [1.807, 2.05) is 54.6 Å². The van der Waals surface area contributed by atoms with Crippen molar-refractivity contribution in [2.75, 3.05) is 23.7 Å². The molecule has 0 aliphatic heterocycles. The van der Waals surface area contributed by atoms with Crippen molar-refractivity contribution >= 4 is 21.6 Å². The largest absolute Gasteiger partial charge is 0.375 e. The standard InChI is InChI=1S/C27H32N2O4S/c1-21(2)24-13-15-26(16-14-24)29(34(3,31)32)19-22-9-11-25(12-10-22)27(30)28-17-18-33-20-23-7-5-4-6-8-23/h4-16,21H,17-20H2,1-3H3,(H,28,30). The van der Waals surface area contributed by atoms with Gasteiger partial charge in [-0.3, -0.25) is 9.10 Å². The number of hydrogen-bond donors (Lipinski definition) is 1. The first-order valence-electron chi connectivity index (χ1n) is 11.3. The number of rotatable bonds is 11. The Hall–Kier alpha value is -3.16. The van der Waals surface area contributed by atoms with Gasteiger partial charge in [0.15, 0.2) is 0 Å². The summed E-state index contributed by atoms with van der Waals surface area (Å²) in [5, 5.41) is 2.84. The molecule has 3 rings (SSSR count). The highest BCUT2D eigenvalue weighted by molar-refractivity contribution is 7.92. The van der Waals surface area contributed by atoms with Crippen molar-refractivity contribution in [2.24, 2.45) is 0 Å². The molecular weight excluding hydrogens is 448 g/mol. The van der Waals surface area contributed by atoms with E-state index in [1.165, 1.54) is 10.6 Å². The number of carbonyl (C=O) groups excluding carboxylic acids is 1. The molecule has 3 aromatic carbocycles. The Morgan fingerprint density at radius 3 is 2.15 bits per heavy atom. The van der Waals surface area contributed by atoms with Crippen LogP contribution in [0.1, 0.15) is 46.8 Å². The van der Waals surface area contributed by atoms with Gasteiger partial charge in [0.2, 0.25) is 10.0 Å². The topological polar surface area (TPSA) is 75.7 Å². The van der Waals surface area contributed by atoms with E-state index >= 15 is 0 Å². The van der Waals surface area contributed by atoms with Crippen molar-refractivity contribution in [3.63, 3.8) is 0 Å². The van der Waals surface area contributed by atoms with Gasteiger partial charge in [0.05, 0.1) is 31.7 Å². The maximum Gasteiger partial charge on any atom is 0.251 e. The lowest BCUT2D eigenvalue weighted by atomic mass is 10.0. The highest BCUT2D eigenvalue weighted by Crippen LogP contribution is 2.24. The monoisotopic (exact) mass is 480 g/mol. The highest BCUT2D eigenvalue weighted by atomic mass is 32.2. The summed E-state index contributed by atoms with van der Waals surface area (Å²) in [5.41, 5.74) is 4.16. The summed E-state index contributed by atoms with van der Waals surface area (Å²) >= 11 is 0. The van der Waals surface area contributed by atoms with Crippen LogP contribution in [0.5, 0.6) is 0 Å². The van der Waals surface area contributed by atoms with E-state index in [2.05, 4.69) is 19.2 Å². The van der Waals surface area contributed by atoms with Crippen LogP contribution in [0.25, 0.3) is 0 Å². The number of amides is 1. The molecule has 0 heterocycles. The summed E-state index contributed by atoms with van der Waals surface area (Å²) in [6, 6.07) is 24.4. The third-order valence-electron chi connectivity index (χ3n) is 5.43. The van der Waals surface area contributed by atoms with E-state index in [1.54, 1.807) is 24.3 Å². The van der Waals surface area contributed by atoms with Crippen LogP contribution in [0.4, 0.5) is 5.69 Å². The Balaban J connectivity index is 1.55. The van der Waals surface area contributed by atoms with E-state index in [0.29, 0.717) is 36.9 Å². The van der Waals surface area contributed by atoms with Crippen molar-refractivity contribution in [1.82, 2.24) is 5.32 Å². The Kier molecular flexibility index (Phi) is 8.85. The second kappa shape index (κ2) is 11.8. The SMILES string of the molecule is CC(C)c1ccc(N(Cc2ccc(C(=O)NCCOCc3ccccc3)cc2)S(C)(=O)=O)cc1. The summed E-state index contributed by atoms with van der Waals surface area (Å²) in [5.74, 6) is 0.175. The molecule has 6 nitrogen and oxygen atoms in total. The lowest BCUT2D eigenvalue weighted by Crippen LogP contribution is -2.29. The predicted molar refractivity (Wildman–Crippen MR) is 136 cm³/mol. The maximum absolute atomic E-state index is 12.4. The third kappa shape index (κ3) is 7.43. The molecule has 0 radical (unpaired) electrons. The van der Waals surface area contributed by atoms with Crippen LogP contribution in [0.15, 0.2) is 78.9 Å². The fourth-order valence-corrected chi connectivity index (χ4v) is 4.34. The number of nitrogens with zero attached hydrogens (tertiary/aromatic N) is 1. The molecule has 0 spiro atoms. The Bertz CT molecular complexity index is 1160. The molecule has 0 aromatic heterocycles. The molecular formula is C27H32N2O4S. The molecule has 180 valence electrons. The molecule has 3 aromatic rings. The van der Waals surface area contributed by atoms with Crippen LogP contribution in [0.2, 0.25) is 0 Å². The molecule has 0 aliphatic carbocycles. The van der Waals surface area contributed by atoms with Crippen molar-refractivity contribution in [3.05, 3.63) is 101 Å². The second-order valence-electron chi connectivity index (χ2n) is 8.51. The average molecular weight is 481 g/mol. The molecule has 0 saturated heterocycles. The van der Waals surface area contributed by atoms with E-state index in [0.717, 1.165) is 16.7 Å². The van der Waals surface area contributed by atoms with E-state index in [-0.39, 0.29) is 12.5 Å². The minimum atomic E-state index is -3.47. The van der Waals surface area contributed by atoms with Gasteiger partial charge in [-0.2, -0.15) is 0 Å². The summed E-state index contributed by atoms with van der Waals surface area (Å²) in [6.45, 7) is 5.70. The summed E-state index contributed by atoms with van der Waals surface area (Å²) in [4.78, 5) is 12.4. The average Bonchev–Trinajstić information content (AvgIpc) is 2.82. The van der Waals surface area contributed by atoms with E-state index in [9.17, 15) is 13.2 Å². The number of carbonyl (C=O) groups is 1.